The minimum atomic E-state index is -5.59. The molecule has 0 aromatic heterocycles. The normalized spacial score (nSPS) is 16.3. The van der Waals surface area contributed by atoms with Gasteiger partial charge >= 0.3 is 5.97 Å². The molecule has 0 spiro atoms. The molecular weight excluding hydrogens is 1020 g/mol. The Kier molecular flexibility index (Phi) is 13.0. The fourth-order valence-electron chi connectivity index (χ4n) is 5.92. The van der Waals surface area contributed by atoms with Gasteiger partial charge in [-0.25, -0.2) is 9.80 Å². The standard InChI is InChI=1S/C32H23N9O22S5/c42-29-24-13(10-23(68(61,62)63)26(30(24)43)37-35-19-8-4-16(41(47)48)12-21(19)66(55,56)57)9-22(67(58,59)60)25(29)36-34-18-7-1-14(11-20(18)65(52,53)54)33-38-27-28(32(45)46)39-40(31(27)44)15-2-5-17(6-3-15)64(49,50)51/h1-12,27,31,42-44H,(H,45,46)(H,49,50,51)(H,52,53,54)(H,55,56,57)(H,58,59,60)(H,61,62,63). The third-order valence-electron chi connectivity index (χ3n) is 8.92. The van der Waals surface area contributed by atoms with Crippen LogP contribution in [0.1, 0.15) is 0 Å². The number of aliphatic carboxylic acids is 1. The number of rotatable bonds is 14. The van der Waals surface area contributed by atoms with E-state index in [2.05, 4.69) is 35.8 Å². The first-order chi connectivity index (χ1) is 31.3. The maximum Gasteiger partial charge on any atom is 0.354 e. The number of carbonyl (C=O) groups is 1. The van der Waals surface area contributed by atoms with E-state index in [4.69, 9.17) is 0 Å². The van der Waals surface area contributed by atoms with Crippen molar-refractivity contribution in [1.82, 2.24) is 0 Å². The first-order valence-corrected chi connectivity index (χ1v) is 24.5. The van der Waals surface area contributed by atoms with E-state index in [1.165, 1.54) is 0 Å². The Bertz CT molecular complexity index is 3720. The number of benzene rings is 5. The summed E-state index contributed by atoms with van der Waals surface area (Å²) in [6.07, 6.45) is -1.95. The molecule has 0 fully saturated rings. The third kappa shape index (κ3) is 10.3. The van der Waals surface area contributed by atoms with Gasteiger partial charge in [0.2, 0.25) is 0 Å². The summed E-state index contributed by atoms with van der Waals surface area (Å²) in [4.78, 5) is 16.2. The van der Waals surface area contributed by atoms with E-state index in [9.17, 15) is 100 Å². The van der Waals surface area contributed by atoms with Crippen molar-refractivity contribution in [3.8, 4) is 11.5 Å². The van der Waals surface area contributed by atoms with Crippen LogP contribution in [0.15, 0.2) is 133 Å². The molecule has 0 bridgehead atoms. The molecule has 0 radical (unpaired) electrons. The lowest BCUT2D eigenvalue weighted by Crippen LogP contribution is -2.37. The first kappa shape index (κ1) is 50.0. The minimum absolute atomic E-state index is 0.0973. The maximum absolute atomic E-state index is 12.5. The number of hydrogen-bond donors (Lipinski definition) is 9. The number of carboxylic acid groups (broad SMARTS) is 1. The van der Waals surface area contributed by atoms with E-state index in [0.717, 1.165) is 36.4 Å². The Labute approximate surface area is 378 Å². The van der Waals surface area contributed by atoms with E-state index in [-0.39, 0.29) is 5.69 Å². The number of hydrogen-bond acceptors (Lipinski definition) is 24. The summed E-state index contributed by atoms with van der Waals surface area (Å²) in [6.45, 7) is 0. The number of nitro groups is 1. The van der Waals surface area contributed by atoms with E-state index in [1.54, 1.807) is 0 Å². The molecule has 68 heavy (non-hydrogen) atoms. The summed E-state index contributed by atoms with van der Waals surface area (Å²) in [5.74, 6) is -4.76. The first-order valence-electron chi connectivity index (χ1n) is 17.3. The van der Waals surface area contributed by atoms with Gasteiger partial charge < -0.3 is 20.4 Å². The van der Waals surface area contributed by atoms with E-state index < -0.39 is 160 Å². The number of anilines is 1. The molecule has 31 nitrogen and oxygen atoms in total. The van der Waals surface area contributed by atoms with Crippen molar-refractivity contribution in [3.63, 3.8) is 0 Å². The number of aromatic hydroxyl groups is 2. The summed E-state index contributed by atoms with van der Waals surface area (Å²) in [5.41, 5.74) is -6.86. The topological polar surface area (TPSA) is 503 Å². The van der Waals surface area contributed by atoms with Crippen molar-refractivity contribution >= 4 is 113 Å². The van der Waals surface area contributed by atoms with Gasteiger partial charge in [-0.05, 0) is 66.0 Å². The van der Waals surface area contributed by atoms with Crippen LogP contribution in [0.5, 0.6) is 11.5 Å². The number of phenolic OH excluding ortho intramolecular Hbond substituents is 2. The second kappa shape index (κ2) is 17.7. The van der Waals surface area contributed by atoms with Crippen molar-refractivity contribution in [1.29, 1.82) is 0 Å². The Morgan fingerprint density at radius 2 is 1.09 bits per heavy atom. The average Bonchev–Trinajstić information content (AvgIpc) is 3.56. The zero-order chi connectivity index (χ0) is 50.6. The Balaban J connectivity index is 1.44. The molecule has 5 aromatic rings. The van der Waals surface area contributed by atoms with Crippen molar-refractivity contribution < 1.29 is 95.0 Å². The number of hydrazone groups is 1. The molecule has 1 aliphatic rings. The molecule has 358 valence electrons. The Morgan fingerprint density at radius 1 is 0.618 bits per heavy atom. The smallest absolute Gasteiger partial charge is 0.354 e. The van der Waals surface area contributed by atoms with Gasteiger partial charge in [-0.2, -0.15) is 57.4 Å². The van der Waals surface area contributed by atoms with Crippen LogP contribution >= 0.6 is 0 Å². The van der Waals surface area contributed by atoms with Crippen LogP contribution in [0.25, 0.3) is 10.8 Å². The van der Waals surface area contributed by atoms with Gasteiger partial charge in [-0.1, -0.05) is 0 Å². The van der Waals surface area contributed by atoms with E-state index in [0.29, 0.717) is 41.4 Å². The molecule has 0 saturated carbocycles. The van der Waals surface area contributed by atoms with Crippen LogP contribution in [0.3, 0.4) is 0 Å². The molecule has 2 atom stereocenters. The number of nitro benzene ring substituents is 1. The monoisotopic (exact) mass is 1040 g/mol. The molecule has 0 saturated heterocycles. The highest BCUT2D eigenvalue weighted by atomic mass is 32.2. The van der Waals surface area contributed by atoms with Gasteiger partial charge in [0, 0.05) is 12.1 Å². The number of non-ortho nitro benzene ring substituents is 1. The van der Waals surface area contributed by atoms with Gasteiger partial charge in [-0.3, -0.25) is 32.9 Å². The quantitative estimate of drug-likeness (QED) is 0.0329. The lowest BCUT2D eigenvalue weighted by atomic mass is 10.1. The van der Waals surface area contributed by atoms with Crippen LogP contribution in [0, 0.1) is 10.1 Å². The van der Waals surface area contributed by atoms with Crippen molar-refractivity contribution in [2.75, 3.05) is 5.01 Å². The summed E-state index contributed by atoms with van der Waals surface area (Å²) in [5, 5.41) is 78.0. The summed E-state index contributed by atoms with van der Waals surface area (Å²) < 4.78 is 171. The van der Waals surface area contributed by atoms with Crippen LogP contribution in [0.2, 0.25) is 0 Å². The van der Waals surface area contributed by atoms with Crippen LogP contribution in [-0.4, -0.2) is 114 Å². The molecular formula is C32H23N9O22S5. The molecule has 0 amide bonds. The van der Waals surface area contributed by atoms with Crippen LogP contribution in [-0.2, 0) is 55.4 Å². The minimum Gasteiger partial charge on any atom is -0.505 e. The number of azo groups is 3. The third-order valence-corrected chi connectivity index (χ3v) is 13.3. The fourth-order valence-corrected chi connectivity index (χ4v) is 9.00. The number of aliphatic hydroxyl groups is 1. The molecule has 1 aliphatic heterocycles. The fraction of sp³-hybridized carbons (Fsp3) is 0.0625. The molecule has 1 heterocycles. The molecule has 9 N–H and O–H groups in total. The Hall–Kier alpha value is -7.39. The maximum atomic E-state index is 12.5. The predicted octanol–water partition coefficient (Wildman–Crippen LogP) is 3.96. The largest absolute Gasteiger partial charge is 0.505 e. The van der Waals surface area contributed by atoms with Crippen molar-refractivity contribution in [2.24, 2.45) is 35.8 Å². The van der Waals surface area contributed by atoms with Crippen molar-refractivity contribution in [2.45, 2.75) is 36.7 Å². The number of fused-ring (bicyclic) bond motifs is 1. The number of phenols is 2. The molecule has 0 aliphatic carbocycles. The van der Waals surface area contributed by atoms with Crippen LogP contribution in [0.4, 0.5) is 39.8 Å². The number of carboxylic acids is 1. The number of aliphatic hydroxyl groups excluding tert-OH is 1. The lowest BCUT2D eigenvalue weighted by molar-refractivity contribution is -0.385. The summed E-state index contributed by atoms with van der Waals surface area (Å²) >= 11 is 0. The molecule has 2 unspecified atom stereocenters. The van der Waals surface area contributed by atoms with Crippen molar-refractivity contribution in [3.05, 3.63) is 82.9 Å². The van der Waals surface area contributed by atoms with E-state index in [1.807, 2.05) is 0 Å². The zero-order valence-electron chi connectivity index (χ0n) is 32.5. The highest BCUT2D eigenvalue weighted by Gasteiger charge is 2.41. The molecule has 5 aromatic carbocycles. The highest BCUT2D eigenvalue weighted by Crippen LogP contribution is 2.50. The molecule has 6 rings (SSSR count). The lowest BCUT2D eigenvalue weighted by Gasteiger charge is -2.20. The van der Waals surface area contributed by atoms with Gasteiger partial charge in [0.15, 0.2) is 29.5 Å². The summed E-state index contributed by atoms with van der Waals surface area (Å²) in [6, 6.07) is 6.53. The zero-order valence-corrected chi connectivity index (χ0v) is 36.6. The summed E-state index contributed by atoms with van der Waals surface area (Å²) in [7, 11) is -26.5. The van der Waals surface area contributed by atoms with Gasteiger partial charge in [0.25, 0.3) is 56.3 Å². The van der Waals surface area contributed by atoms with E-state index >= 15 is 0 Å². The highest BCUT2D eigenvalue weighted by molar-refractivity contribution is 7.87. The van der Waals surface area contributed by atoms with Crippen LogP contribution < -0.4 is 5.01 Å². The number of nitrogens with zero attached hydrogens (tertiary/aromatic N) is 9. The van der Waals surface area contributed by atoms with Gasteiger partial charge in [-0.15, -0.1) is 20.5 Å². The second-order valence-corrected chi connectivity index (χ2v) is 20.3. The average molecular weight is 1050 g/mol. The Morgan fingerprint density at radius 3 is 1.53 bits per heavy atom. The van der Waals surface area contributed by atoms with Gasteiger partial charge in [0.1, 0.15) is 42.3 Å². The SMILES string of the molecule is O=C(O)C1=NN(c2ccc(S(=O)(=O)O)cc2)C(O)C1N=Nc1ccc(N=Nc2c(S(=O)(=O)O)cc3cc(S(=O)(=O)O)c(N=Nc4ccc([N+](=O)[O-])cc4S(=O)(=O)O)c(O)c3c2O)c(S(=O)(=O)O)c1. The predicted molar refractivity (Wildman–Crippen MR) is 223 cm³/mol. The van der Waals surface area contributed by atoms with Gasteiger partial charge in [0.05, 0.1) is 26.6 Å². The molecule has 36 heteroatoms. The second-order valence-electron chi connectivity index (χ2n) is 13.3.